The van der Waals surface area contributed by atoms with Gasteiger partial charge in [0.15, 0.2) is 0 Å². The van der Waals surface area contributed by atoms with Crippen LogP contribution in [0.4, 0.5) is 0 Å². The van der Waals surface area contributed by atoms with Gasteiger partial charge < -0.3 is 43.7 Å². The van der Waals surface area contributed by atoms with Crippen molar-refractivity contribution in [1.82, 2.24) is 0 Å². The minimum Gasteiger partial charge on any atom is -0.807 e. The molecule has 9 nitrogen and oxygen atoms in total. The van der Waals surface area contributed by atoms with E-state index in [9.17, 15) is 15.3 Å². The first kappa shape index (κ1) is 30.9. The standard InChI is InChI=1S/3C4H9O3.Ce/c3*1-4(5,6-2)7-3;/h3*1-3H3;/q3*-1;+3. The van der Waals surface area contributed by atoms with Crippen LogP contribution in [0.5, 0.6) is 0 Å². The van der Waals surface area contributed by atoms with Crippen molar-refractivity contribution in [2.75, 3.05) is 42.7 Å². The fraction of sp³-hybridized carbons (Fsp3) is 1.00. The summed E-state index contributed by atoms with van der Waals surface area (Å²) in [6.45, 7) is 3.90. The van der Waals surface area contributed by atoms with Crippen molar-refractivity contribution in [3.05, 3.63) is 0 Å². The maximum Gasteiger partial charge on any atom is 3.00 e. The van der Waals surface area contributed by atoms with Crippen LogP contribution in [0.15, 0.2) is 0 Å². The Kier molecular flexibility index (Phi) is 21.8. The number of methoxy groups -OCH3 is 6. The van der Waals surface area contributed by atoms with Crippen molar-refractivity contribution < 1.29 is 85.5 Å². The zero-order valence-electron chi connectivity index (χ0n) is 14.7. The molecule has 10 heteroatoms. The summed E-state index contributed by atoms with van der Waals surface area (Å²) in [6, 6.07) is 0. The summed E-state index contributed by atoms with van der Waals surface area (Å²) in [6.07, 6.45) is 0. The second kappa shape index (κ2) is 15.5. The van der Waals surface area contributed by atoms with Crippen LogP contribution in [0.2, 0.25) is 0 Å². The van der Waals surface area contributed by atoms with E-state index in [1.165, 1.54) is 63.4 Å². The summed E-state index contributed by atoms with van der Waals surface area (Å²) in [7, 11) is 7.81. The Morgan fingerprint density at radius 1 is 0.455 bits per heavy atom. The normalized spacial score (nSPS) is 11.5. The largest absolute Gasteiger partial charge is 3.00 e. The van der Waals surface area contributed by atoms with Crippen LogP contribution >= 0.6 is 0 Å². The van der Waals surface area contributed by atoms with Gasteiger partial charge in [-0.2, -0.15) is 0 Å². The maximum absolute atomic E-state index is 10.4. The summed E-state index contributed by atoms with van der Waals surface area (Å²) in [4.78, 5) is 0. The molecule has 133 valence electrons. The van der Waals surface area contributed by atoms with E-state index in [1.54, 1.807) is 0 Å². The Balaban J connectivity index is -0.000000108. The first-order chi connectivity index (χ1) is 9.36. The number of rotatable bonds is 6. The van der Waals surface area contributed by atoms with Crippen LogP contribution in [0.3, 0.4) is 0 Å². The molecule has 1 radical (unpaired) electrons. The molecule has 22 heavy (non-hydrogen) atoms. The molecular weight excluding hydrogens is 428 g/mol. The Morgan fingerprint density at radius 2 is 0.545 bits per heavy atom. The van der Waals surface area contributed by atoms with Crippen molar-refractivity contribution in [2.24, 2.45) is 0 Å². The van der Waals surface area contributed by atoms with Crippen LogP contribution < -0.4 is 15.3 Å². The second-order valence-electron chi connectivity index (χ2n) is 3.81. The molecular formula is C12H27CeO9. The molecule has 0 saturated heterocycles. The molecule has 0 saturated carbocycles. The van der Waals surface area contributed by atoms with E-state index in [-0.39, 0.29) is 41.7 Å². The monoisotopic (exact) mass is 455 g/mol. The van der Waals surface area contributed by atoms with Gasteiger partial charge in [0, 0.05) is 42.7 Å². The van der Waals surface area contributed by atoms with Gasteiger partial charge in [-0.3, -0.25) is 0 Å². The summed E-state index contributed by atoms with van der Waals surface area (Å²) in [5, 5.41) is 31.2. The van der Waals surface area contributed by atoms with Crippen LogP contribution in [-0.4, -0.2) is 60.6 Å². The van der Waals surface area contributed by atoms with E-state index in [1.807, 2.05) is 0 Å². The van der Waals surface area contributed by atoms with Crippen LogP contribution in [0, 0.1) is 41.7 Å². The molecule has 0 fully saturated rings. The summed E-state index contributed by atoms with van der Waals surface area (Å²) in [5.74, 6) is -5.00. The minimum atomic E-state index is -1.67. The minimum absolute atomic E-state index is 0. The Morgan fingerprint density at radius 3 is 0.545 bits per heavy atom. The predicted octanol–water partition coefficient (Wildman–Crippen LogP) is -2.06. The SMILES string of the molecule is COC(C)([O-])OC.COC(C)([O-])OC.COC(C)([O-])OC.[Ce+3]. The number of ether oxygens (including phenoxy) is 6. The van der Waals surface area contributed by atoms with Crippen molar-refractivity contribution in [3.63, 3.8) is 0 Å². The van der Waals surface area contributed by atoms with Crippen molar-refractivity contribution in [1.29, 1.82) is 0 Å². The van der Waals surface area contributed by atoms with Gasteiger partial charge >= 0.3 is 41.7 Å². The molecule has 0 aliphatic heterocycles. The Labute approximate surface area is 166 Å². The van der Waals surface area contributed by atoms with Gasteiger partial charge in [0.2, 0.25) is 0 Å². The van der Waals surface area contributed by atoms with E-state index in [4.69, 9.17) is 0 Å². The molecule has 0 heterocycles. The molecule has 0 aromatic heterocycles. The summed E-state index contributed by atoms with van der Waals surface area (Å²) >= 11 is 0. The molecule has 0 atom stereocenters. The third kappa shape index (κ3) is 23.3. The molecule has 0 N–H and O–H groups in total. The summed E-state index contributed by atoms with van der Waals surface area (Å²) < 4.78 is 25.9. The average Bonchev–Trinajstić information content (AvgIpc) is 2.48. The van der Waals surface area contributed by atoms with E-state index in [0.29, 0.717) is 0 Å². The fourth-order valence-electron chi connectivity index (χ4n) is 0.250. The van der Waals surface area contributed by atoms with Gasteiger partial charge in [-0.25, -0.2) is 0 Å². The quantitative estimate of drug-likeness (QED) is 0.416. The molecule has 0 spiro atoms. The van der Waals surface area contributed by atoms with Crippen LogP contribution in [0.25, 0.3) is 0 Å². The van der Waals surface area contributed by atoms with Gasteiger partial charge in [-0.15, -0.1) is 0 Å². The maximum atomic E-state index is 10.4. The van der Waals surface area contributed by atoms with Gasteiger partial charge in [0.1, 0.15) is 0 Å². The topological polar surface area (TPSA) is 125 Å². The molecule has 0 aliphatic carbocycles. The van der Waals surface area contributed by atoms with Crippen molar-refractivity contribution in [3.8, 4) is 0 Å². The predicted molar refractivity (Wildman–Crippen MR) is 67.3 cm³/mol. The zero-order valence-corrected chi connectivity index (χ0v) is 17.8. The van der Waals surface area contributed by atoms with Crippen molar-refractivity contribution >= 4 is 0 Å². The van der Waals surface area contributed by atoms with E-state index >= 15 is 0 Å². The molecule has 0 aliphatic rings. The smallest absolute Gasteiger partial charge is 0.807 e. The molecule has 0 unspecified atom stereocenters. The molecule has 0 bridgehead atoms. The first-order valence-electron chi connectivity index (χ1n) is 5.79. The van der Waals surface area contributed by atoms with Gasteiger partial charge in [0.25, 0.3) is 0 Å². The number of hydrogen-bond donors (Lipinski definition) is 0. The van der Waals surface area contributed by atoms with E-state index < -0.39 is 17.9 Å². The van der Waals surface area contributed by atoms with Gasteiger partial charge in [0.05, 0.1) is 17.9 Å². The zero-order chi connectivity index (χ0) is 17.7. The third-order valence-electron chi connectivity index (χ3n) is 2.22. The Bertz CT molecular complexity index is 179. The van der Waals surface area contributed by atoms with E-state index in [2.05, 4.69) is 28.4 Å². The molecule has 0 rings (SSSR count). The number of hydrogen-bond acceptors (Lipinski definition) is 9. The van der Waals surface area contributed by atoms with Gasteiger partial charge in [-0.1, -0.05) is 0 Å². The average molecular weight is 455 g/mol. The fourth-order valence-corrected chi connectivity index (χ4v) is 0.250. The van der Waals surface area contributed by atoms with Crippen molar-refractivity contribution in [2.45, 2.75) is 38.7 Å². The first-order valence-corrected chi connectivity index (χ1v) is 5.79. The molecule has 0 amide bonds. The molecule has 0 aromatic carbocycles. The third-order valence-corrected chi connectivity index (χ3v) is 2.22. The Hall–Kier alpha value is 1.02. The van der Waals surface area contributed by atoms with E-state index in [0.717, 1.165) is 0 Å². The molecule has 0 aromatic rings. The van der Waals surface area contributed by atoms with Crippen LogP contribution in [0.1, 0.15) is 20.8 Å². The van der Waals surface area contributed by atoms with Gasteiger partial charge in [-0.05, 0) is 20.8 Å². The van der Waals surface area contributed by atoms with Crippen LogP contribution in [-0.2, 0) is 28.4 Å². The second-order valence-corrected chi connectivity index (χ2v) is 3.81. The summed E-state index contributed by atoms with van der Waals surface area (Å²) in [5.41, 5.74) is 0.